The van der Waals surface area contributed by atoms with Crippen LogP contribution in [0.4, 0.5) is 11.4 Å². The summed E-state index contributed by atoms with van der Waals surface area (Å²) in [4.78, 5) is 23.5. The van der Waals surface area contributed by atoms with Crippen LogP contribution in [0.15, 0.2) is 42.5 Å². The standard InChI is InChI=1S/C16H14N2O3/c19-14-4-2-1-3-13(14)18-16(21)11-5-7-12-10(9-11)6-8-15(20)17-12/h1-5,7,9,19H,6,8H2,(H,17,20)(H,18,21). The highest BCUT2D eigenvalue weighted by Crippen LogP contribution is 2.25. The molecule has 21 heavy (non-hydrogen) atoms. The molecule has 0 unspecified atom stereocenters. The van der Waals surface area contributed by atoms with E-state index in [-0.39, 0.29) is 17.6 Å². The van der Waals surface area contributed by atoms with Gasteiger partial charge >= 0.3 is 0 Å². The number of carbonyl (C=O) groups is 2. The first-order valence-corrected chi connectivity index (χ1v) is 6.65. The summed E-state index contributed by atoms with van der Waals surface area (Å²) in [5.41, 5.74) is 2.56. The highest BCUT2D eigenvalue weighted by Gasteiger charge is 2.17. The maximum Gasteiger partial charge on any atom is 0.255 e. The first kappa shape index (κ1) is 13.2. The summed E-state index contributed by atoms with van der Waals surface area (Å²) in [6.07, 6.45) is 1.05. The van der Waals surface area contributed by atoms with Gasteiger partial charge in [0.1, 0.15) is 5.75 Å². The lowest BCUT2D eigenvalue weighted by Gasteiger charge is -2.17. The molecule has 5 heteroatoms. The third kappa shape index (κ3) is 2.72. The summed E-state index contributed by atoms with van der Waals surface area (Å²) in [6, 6.07) is 11.7. The maximum atomic E-state index is 12.2. The van der Waals surface area contributed by atoms with Crippen LogP contribution in [0, 0.1) is 0 Å². The first-order valence-electron chi connectivity index (χ1n) is 6.65. The van der Waals surface area contributed by atoms with E-state index in [1.54, 1.807) is 36.4 Å². The Labute approximate surface area is 121 Å². The van der Waals surface area contributed by atoms with Crippen molar-refractivity contribution in [3.63, 3.8) is 0 Å². The van der Waals surface area contributed by atoms with Crippen LogP contribution >= 0.6 is 0 Å². The van der Waals surface area contributed by atoms with Gasteiger partial charge in [-0.3, -0.25) is 9.59 Å². The van der Waals surface area contributed by atoms with E-state index >= 15 is 0 Å². The lowest BCUT2D eigenvalue weighted by molar-refractivity contribution is -0.116. The van der Waals surface area contributed by atoms with Gasteiger partial charge in [0, 0.05) is 17.7 Å². The molecule has 5 nitrogen and oxygen atoms in total. The van der Waals surface area contributed by atoms with Gasteiger partial charge in [-0.2, -0.15) is 0 Å². The van der Waals surface area contributed by atoms with E-state index in [1.165, 1.54) is 6.07 Å². The largest absolute Gasteiger partial charge is 0.506 e. The van der Waals surface area contributed by atoms with Crippen molar-refractivity contribution < 1.29 is 14.7 Å². The quantitative estimate of drug-likeness (QED) is 0.741. The van der Waals surface area contributed by atoms with Crippen molar-refractivity contribution in [1.29, 1.82) is 0 Å². The number of aryl methyl sites for hydroxylation is 1. The van der Waals surface area contributed by atoms with E-state index in [4.69, 9.17) is 0 Å². The third-order valence-electron chi connectivity index (χ3n) is 3.42. The van der Waals surface area contributed by atoms with Crippen molar-refractivity contribution in [3.05, 3.63) is 53.6 Å². The summed E-state index contributed by atoms with van der Waals surface area (Å²) in [7, 11) is 0. The predicted molar refractivity (Wildman–Crippen MR) is 79.5 cm³/mol. The molecular formula is C16H14N2O3. The summed E-state index contributed by atoms with van der Waals surface area (Å²) in [5, 5.41) is 15.1. The van der Waals surface area contributed by atoms with E-state index < -0.39 is 0 Å². The normalized spacial score (nSPS) is 13.2. The van der Waals surface area contributed by atoms with Crippen LogP contribution in [0.25, 0.3) is 0 Å². The number of hydrogen-bond acceptors (Lipinski definition) is 3. The van der Waals surface area contributed by atoms with Gasteiger partial charge in [-0.25, -0.2) is 0 Å². The number of nitrogens with one attached hydrogen (secondary N) is 2. The van der Waals surface area contributed by atoms with E-state index in [0.29, 0.717) is 24.1 Å². The molecule has 0 aromatic heterocycles. The predicted octanol–water partition coefficient (Wildman–Crippen LogP) is 2.53. The Balaban J connectivity index is 1.83. The summed E-state index contributed by atoms with van der Waals surface area (Å²) in [5.74, 6) is -0.277. The molecule has 3 N–H and O–H groups in total. The molecule has 1 aliphatic rings. The highest BCUT2D eigenvalue weighted by atomic mass is 16.3. The van der Waals surface area contributed by atoms with Crippen LogP contribution in [-0.2, 0) is 11.2 Å². The zero-order valence-corrected chi connectivity index (χ0v) is 11.2. The molecule has 0 fully saturated rings. The number of rotatable bonds is 2. The number of aromatic hydroxyl groups is 1. The van der Waals surface area contributed by atoms with Crippen molar-refractivity contribution in [2.45, 2.75) is 12.8 Å². The minimum absolute atomic E-state index is 0.00564. The third-order valence-corrected chi connectivity index (χ3v) is 3.42. The van der Waals surface area contributed by atoms with Crippen LogP contribution < -0.4 is 10.6 Å². The molecule has 0 bridgehead atoms. The number of amides is 2. The van der Waals surface area contributed by atoms with Gasteiger partial charge < -0.3 is 15.7 Å². The number of anilines is 2. The van der Waals surface area contributed by atoms with E-state index in [1.807, 2.05) is 0 Å². The number of benzene rings is 2. The zero-order valence-electron chi connectivity index (χ0n) is 11.2. The molecule has 2 aromatic carbocycles. The topological polar surface area (TPSA) is 78.4 Å². The van der Waals surface area contributed by atoms with Gasteiger partial charge in [-0.1, -0.05) is 12.1 Å². The lowest BCUT2D eigenvalue weighted by atomic mass is 10.00. The van der Waals surface area contributed by atoms with E-state index in [0.717, 1.165) is 11.3 Å². The van der Waals surface area contributed by atoms with Gasteiger partial charge in [-0.05, 0) is 42.3 Å². The van der Waals surface area contributed by atoms with Crippen LogP contribution in [-0.4, -0.2) is 16.9 Å². The molecular weight excluding hydrogens is 268 g/mol. The minimum atomic E-state index is -0.295. The van der Waals surface area contributed by atoms with Crippen molar-refractivity contribution in [1.82, 2.24) is 0 Å². The molecule has 106 valence electrons. The van der Waals surface area contributed by atoms with Gasteiger partial charge in [-0.15, -0.1) is 0 Å². The molecule has 2 aromatic rings. The van der Waals surface area contributed by atoms with Crippen LogP contribution in [0.2, 0.25) is 0 Å². The van der Waals surface area contributed by atoms with Crippen LogP contribution in [0.5, 0.6) is 5.75 Å². The molecule has 0 spiro atoms. The number of carbonyl (C=O) groups excluding carboxylic acids is 2. The second-order valence-corrected chi connectivity index (χ2v) is 4.89. The molecule has 1 heterocycles. The monoisotopic (exact) mass is 282 g/mol. The number of hydrogen-bond donors (Lipinski definition) is 3. The van der Waals surface area contributed by atoms with Crippen LogP contribution in [0.3, 0.4) is 0 Å². The Morgan fingerprint density at radius 3 is 2.76 bits per heavy atom. The molecule has 0 saturated carbocycles. The lowest BCUT2D eigenvalue weighted by Crippen LogP contribution is -2.20. The van der Waals surface area contributed by atoms with Crippen molar-refractivity contribution in [3.8, 4) is 5.75 Å². The molecule has 1 aliphatic heterocycles. The fraction of sp³-hybridized carbons (Fsp3) is 0.125. The Hall–Kier alpha value is -2.82. The molecule has 0 radical (unpaired) electrons. The number of phenolic OH excluding ortho intramolecular Hbond substituents is 1. The molecule has 2 amide bonds. The smallest absolute Gasteiger partial charge is 0.255 e. The fourth-order valence-corrected chi connectivity index (χ4v) is 2.30. The average Bonchev–Trinajstić information content (AvgIpc) is 2.49. The van der Waals surface area contributed by atoms with Gasteiger partial charge in [0.15, 0.2) is 0 Å². The van der Waals surface area contributed by atoms with E-state index in [2.05, 4.69) is 10.6 Å². The van der Waals surface area contributed by atoms with Crippen molar-refractivity contribution in [2.75, 3.05) is 10.6 Å². The number of para-hydroxylation sites is 2. The molecule has 0 saturated heterocycles. The Morgan fingerprint density at radius 1 is 1.14 bits per heavy atom. The molecule has 0 aliphatic carbocycles. The Bertz CT molecular complexity index is 725. The Kier molecular flexibility index (Phi) is 3.31. The summed E-state index contributed by atoms with van der Waals surface area (Å²) in [6.45, 7) is 0. The number of phenols is 1. The summed E-state index contributed by atoms with van der Waals surface area (Å²) < 4.78 is 0. The Morgan fingerprint density at radius 2 is 1.95 bits per heavy atom. The zero-order chi connectivity index (χ0) is 14.8. The SMILES string of the molecule is O=C1CCc2cc(C(=O)Nc3ccccc3O)ccc2N1. The first-order chi connectivity index (χ1) is 10.1. The van der Waals surface area contributed by atoms with Crippen LogP contribution in [0.1, 0.15) is 22.3 Å². The number of fused-ring (bicyclic) bond motifs is 1. The summed E-state index contributed by atoms with van der Waals surface area (Å²) >= 11 is 0. The second kappa shape index (κ2) is 5.28. The molecule has 3 rings (SSSR count). The average molecular weight is 282 g/mol. The molecule has 0 atom stereocenters. The van der Waals surface area contributed by atoms with E-state index in [9.17, 15) is 14.7 Å². The highest BCUT2D eigenvalue weighted by molar-refractivity contribution is 6.06. The van der Waals surface area contributed by atoms with Gasteiger partial charge in [0.05, 0.1) is 5.69 Å². The second-order valence-electron chi connectivity index (χ2n) is 4.89. The maximum absolute atomic E-state index is 12.2. The van der Waals surface area contributed by atoms with Crippen molar-refractivity contribution >= 4 is 23.2 Å². The van der Waals surface area contributed by atoms with Gasteiger partial charge in [0.25, 0.3) is 5.91 Å². The van der Waals surface area contributed by atoms with Crippen molar-refractivity contribution in [2.24, 2.45) is 0 Å². The fourth-order valence-electron chi connectivity index (χ4n) is 2.30. The minimum Gasteiger partial charge on any atom is -0.506 e. The van der Waals surface area contributed by atoms with Gasteiger partial charge in [0.2, 0.25) is 5.91 Å².